The maximum atomic E-state index is 11.6. The Morgan fingerprint density at radius 3 is 2.20 bits per heavy atom. The van der Waals surface area contributed by atoms with E-state index in [0.717, 1.165) is 19.4 Å². The Balaban J connectivity index is 2.92. The van der Waals surface area contributed by atoms with Crippen molar-refractivity contribution in [1.29, 1.82) is 0 Å². The van der Waals surface area contributed by atoms with Crippen molar-refractivity contribution in [3.63, 3.8) is 0 Å². The van der Waals surface area contributed by atoms with Crippen LogP contribution in [0, 0.1) is 0 Å². The fraction of sp³-hybridized carbons (Fsp3) is 0.588. The molecule has 0 fully saturated rings. The van der Waals surface area contributed by atoms with Crippen LogP contribution in [0.5, 0.6) is 0 Å². The van der Waals surface area contributed by atoms with Crippen molar-refractivity contribution < 1.29 is 4.79 Å². The number of amides is 1. The molecule has 20 heavy (non-hydrogen) atoms. The summed E-state index contributed by atoms with van der Waals surface area (Å²) in [6.07, 6.45) is 1.76. The molecule has 0 saturated carbocycles. The molecule has 1 rings (SSSR count). The van der Waals surface area contributed by atoms with E-state index in [2.05, 4.69) is 50.5 Å². The molecule has 3 heteroatoms. The first-order chi connectivity index (χ1) is 9.29. The lowest BCUT2D eigenvalue weighted by atomic mass is 9.83. The molecule has 0 heterocycles. The van der Waals surface area contributed by atoms with Gasteiger partial charge in [-0.1, -0.05) is 37.3 Å². The molecule has 0 bridgehead atoms. The first-order valence-electron chi connectivity index (χ1n) is 7.38. The van der Waals surface area contributed by atoms with Crippen molar-refractivity contribution in [1.82, 2.24) is 10.6 Å². The molecule has 112 valence electrons. The molecule has 1 unspecified atom stereocenters. The summed E-state index contributed by atoms with van der Waals surface area (Å²) in [5.41, 5.74) is 0.978. The van der Waals surface area contributed by atoms with Crippen molar-refractivity contribution in [3.05, 3.63) is 35.9 Å². The van der Waals surface area contributed by atoms with Gasteiger partial charge in [0.05, 0.1) is 5.54 Å². The molecule has 0 aromatic heterocycles. The number of carbonyl (C=O) groups excluding carboxylic acids is 1. The number of benzene rings is 1. The maximum Gasteiger partial charge on any atom is 0.217 e. The van der Waals surface area contributed by atoms with Gasteiger partial charge >= 0.3 is 0 Å². The average Bonchev–Trinajstić information content (AvgIpc) is 2.36. The van der Waals surface area contributed by atoms with Gasteiger partial charge in [0, 0.05) is 12.5 Å². The van der Waals surface area contributed by atoms with E-state index in [-0.39, 0.29) is 17.0 Å². The predicted molar refractivity (Wildman–Crippen MR) is 84.6 cm³/mol. The van der Waals surface area contributed by atoms with Crippen LogP contribution in [0.2, 0.25) is 0 Å². The van der Waals surface area contributed by atoms with Gasteiger partial charge in [0.2, 0.25) is 5.91 Å². The number of nitrogens with one attached hydrogen (secondary N) is 2. The van der Waals surface area contributed by atoms with Gasteiger partial charge in [-0.15, -0.1) is 0 Å². The molecule has 0 aliphatic carbocycles. The molecule has 0 spiro atoms. The average molecular weight is 276 g/mol. The van der Waals surface area contributed by atoms with E-state index < -0.39 is 0 Å². The highest BCUT2D eigenvalue weighted by Crippen LogP contribution is 2.28. The molecule has 0 aliphatic heterocycles. The highest BCUT2D eigenvalue weighted by molar-refractivity contribution is 5.74. The van der Waals surface area contributed by atoms with Crippen molar-refractivity contribution in [2.45, 2.75) is 58.5 Å². The standard InChI is InChI=1S/C17H28N2O/c1-6-17(19-14(2)20,12-13-18-16(3,4)5)15-10-8-7-9-11-15/h7-11,18H,6,12-13H2,1-5H3,(H,19,20). The van der Waals surface area contributed by atoms with E-state index in [1.54, 1.807) is 6.92 Å². The van der Waals surface area contributed by atoms with E-state index in [1.165, 1.54) is 5.56 Å². The minimum atomic E-state index is -0.286. The molecule has 1 aromatic rings. The van der Waals surface area contributed by atoms with Gasteiger partial charge in [-0.05, 0) is 45.7 Å². The second kappa shape index (κ2) is 6.89. The van der Waals surface area contributed by atoms with E-state index in [1.807, 2.05) is 18.2 Å². The smallest absolute Gasteiger partial charge is 0.217 e. The van der Waals surface area contributed by atoms with Crippen molar-refractivity contribution in [2.24, 2.45) is 0 Å². The summed E-state index contributed by atoms with van der Waals surface area (Å²) in [5.74, 6) is 0.0199. The van der Waals surface area contributed by atoms with E-state index in [4.69, 9.17) is 0 Å². The summed E-state index contributed by atoms with van der Waals surface area (Å²) in [4.78, 5) is 11.6. The minimum absolute atomic E-state index is 0.0199. The molecule has 0 saturated heterocycles. The molecule has 0 aliphatic rings. The van der Waals surface area contributed by atoms with Gasteiger partial charge < -0.3 is 10.6 Å². The van der Waals surface area contributed by atoms with Crippen LogP contribution in [0.25, 0.3) is 0 Å². The van der Waals surface area contributed by atoms with Crippen LogP contribution in [-0.2, 0) is 10.3 Å². The fourth-order valence-electron chi connectivity index (χ4n) is 2.49. The van der Waals surface area contributed by atoms with Gasteiger partial charge in [0.25, 0.3) is 0 Å². The maximum absolute atomic E-state index is 11.6. The van der Waals surface area contributed by atoms with Gasteiger partial charge in [0.15, 0.2) is 0 Å². The molecule has 3 nitrogen and oxygen atoms in total. The summed E-state index contributed by atoms with van der Waals surface area (Å²) in [6, 6.07) is 10.2. The fourth-order valence-corrected chi connectivity index (χ4v) is 2.49. The lowest BCUT2D eigenvalue weighted by molar-refractivity contribution is -0.121. The van der Waals surface area contributed by atoms with Gasteiger partial charge in [-0.25, -0.2) is 0 Å². The number of hydrogen-bond acceptors (Lipinski definition) is 2. The monoisotopic (exact) mass is 276 g/mol. The van der Waals surface area contributed by atoms with Crippen LogP contribution in [0.3, 0.4) is 0 Å². The molecule has 1 amide bonds. The lowest BCUT2D eigenvalue weighted by Gasteiger charge is -2.35. The van der Waals surface area contributed by atoms with Crippen LogP contribution >= 0.6 is 0 Å². The predicted octanol–water partition coefficient (Wildman–Crippen LogP) is 3.21. The Bertz CT molecular complexity index is 422. The van der Waals surface area contributed by atoms with Crippen LogP contribution in [0.15, 0.2) is 30.3 Å². The third-order valence-electron chi connectivity index (χ3n) is 3.55. The molecule has 0 radical (unpaired) electrons. The lowest BCUT2D eigenvalue weighted by Crippen LogP contribution is -2.48. The second-order valence-corrected chi connectivity index (χ2v) is 6.41. The van der Waals surface area contributed by atoms with Crippen molar-refractivity contribution >= 4 is 5.91 Å². The molecular weight excluding hydrogens is 248 g/mol. The Labute approximate surface area is 123 Å². The van der Waals surface area contributed by atoms with Gasteiger partial charge in [0.1, 0.15) is 0 Å². The summed E-state index contributed by atoms with van der Waals surface area (Å²) < 4.78 is 0. The van der Waals surface area contributed by atoms with Crippen LogP contribution in [-0.4, -0.2) is 18.0 Å². The molecule has 1 atom stereocenters. The highest BCUT2D eigenvalue weighted by atomic mass is 16.1. The largest absolute Gasteiger partial charge is 0.347 e. The quantitative estimate of drug-likeness (QED) is 0.837. The zero-order valence-corrected chi connectivity index (χ0v) is 13.4. The third-order valence-corrected chi connectivity index (χ3v) is 3.55. The van der Waals surface area contributed by atoms with Crippen LogP contribution < -0.4 is 10.6 Å². The number of rotatable bonds is 6. The van der Waals surface area contributed by atoms with Crippen molar-refractivity contribution in [2.75, 3.05) is 6.54 Å². The Hall–Kier alpha value is -1.35. The summed E-state index contributed by atoms with van der Waals surface area (Å²) in [6.45, 7) is 11.0. The zero-order valence-electron chi connectivity index (χ0n) is 13.4. The number of carbonyl (C=O) groups is 1. The zero-order chi connectivity index (χ0) is 15.2. The first kappa shape index (κ1) is 16.7. The molecule has 1 aromatic carbocycles. The number of hydrogen-bond donors (Lipinski definition) is 2. The Kier molecular flexibility index (Phi) is 5.75. The summed E-state index contributed by atoms with van der Waals surface area (Å²) >= 11 is 0. The summed E-state index contributed by atoms with van der Waals surface area (Å²) in [5, 5.41) is 6.67. The SMILES string of the molecule is CCC(CCNC(C)(C)C)(NC(C)=O)c1ccccc1. The van der Waals surface area contributed by atoms with Crippen LogP contribution in [0.1, 0.15) is 53.0 Å². The summed E-state index contributed by atoms with van der Waals surface area (Å²) in [7, 11) is 0. The van der Waals surface area contributed by atoms with Crippen molar-refractivity contribution in [3.8, 4) is 0 Å². The third kappa shape index (κ3) is 4.97. The topological polar surface area (TPSA) is 41.1 Å². The van der Waals surface area contributed by atoms with Gasteiger partial charge in [-0.2, -0.15) is 0 Å². The highest BCUT2D eigenvalue weighted by Gasteiger charge is 2.31. The van der Waals surface area contributed by atoms with E-state index in [0.29, 0.717) is 0 Å². The molecular formula is C17H28N2O. The van der Waals surface area contributed by atoms with Gasteiger partial charge in [-0.3, -0.25) is 4.79 Å². The minimum Gasteiger partial charge on any atom is -0.347 e. The van der Waals surface area contributed by atoms with Crippen LogP contribution in [0.4, 0.5) is 0 Å². The van der Waals surface area contributed by atoms with E-state index in [9.17, 15) is 4.79 Å². The second-order valence-electron chi connectivity index (χ2n) is 6.41. The van der Waals surface area contributed by atoms with E-state index >= 15 is 0 Å². The normalized spacial score (nSPS) is 14.7. The Morgan fingerprint density at radius 1 is 1.15 bits per heavy atom. The first-order valence-corrected chi connectivity index (χ1v) is 7.38. The Morgan fingerprint density at radius 2 is 1.75 bits per heavy atom. The molecule has 2 N–H and O–H groups in total.